The molecule has 0 saturated carbocycles. The highest BCUT2D eigenvalue weighted by molar-refractivity contribution is 6.30. The highest BCUT2D eigenvalue weighted by atomic mass is 35.5. The maximum Gasteiger partial charge on any atom is 0.228 e. The van der Waals surface area contributed by atoms with Gasteiger partial charge in [0.1, 0.15) is 0 Å². The molecule has 0 aliphatic rings. The summed E-state index contributed by atoms with van der Waals surface area (Å²) in [5.74, 6) is -0.0992. The van der Waals surface area contributed by atoms with Crippen LogP contribution in [0.5, 0.6) is 0 Å². The van der Waals surface area contributed by atoms with Crippen LogP contribution in [0.25, 0.3) is 4.85 Å². The van der Waals surface area contributed by atoms with Gasteiger partial charge in [-0.15, -0.1) is 0 Å². The summed E-state index contributed by atoms with van der Waals surface area (Å²) in [5, 5.41) is 3.43. The summed E-state index contributed by atoms with van der Waals surface area (Å²) in [6, 6.07) is 13.9. The van der Waals surface area contributed by atoms with Crippen LogP contribution in [0.1, 0.15) is 5.56 Å². The molecule has 19 heavy (non-hydrogen) atoms. The lowest BCUT2D eigenvalue weighted by Crippen LogP contribution is -2.14. The van der Waals surface area contributed by atoms with Gasteiger partial charge in [-0.1, -0.05) is 35.9 Å². The zero-order chi connectivity index (χ0) is 13.7. The SMILES string of the molecule is [C-]#[N+]c1ccc(NC(=O)Cc2ccc(Cl)cc2)cc1. The van der Waals surface area contributed by atoms with E-state index in [1.165, 1.54) is 0 Å². The van der Waals surface area contributed by atoms with Crippen molar-refractivity contribution >= 4 is 28.9 Å². The minimum Gasteiger partial charge on any atom is -0.326 e. The molecular formula is C15H11ClN2O. The second kappa shape index (κ2) is 6.03. The van der Waals surface area contributed by atoms with Crippen LogP contribution in [-0.2, 0) is 11.2 Å². The number of amides is 1. The maximum atomic E-state index is 11.8. The fourth-order valence-corrected chi connectivity index (χ4v) is 1.74. The molecule has 0 aliphatic carbocycles. The average molecular weight is 271 g/mol. The van der Waals surface area contributed by atoms with Gasteiger partial charge >= 0.3 is 0 Å². The third kappa shape index (κ3) is 3.84. The molecule has 3 nitrogen and oxygen atoms in total. The number of carbonyl (C=O) groups is 1. The van der Waals surface area contributed by atoms with E-state index in [1.807, 2.05) is 12.1 Å². The number of nitrogens with zero attached hydrogens (tertiary/aromatic N) is 1. The van der Waals surface area contributed by atoms with Gasteiger partial charge in [0.2, 0.25) is 5.91 Å². The van der Waals surface area contributed by atoms with Crippen LogP contribution in [0.3, 0.4) is 0 Å². The highest BCUT2D eigenvalue weighted by Gasteiger charge is 2.04. The molecule has 0 radical (unpaired) electrons. The lowest BCUT2D eigenvalue weighted by molar-refractivity contribution is -0.115. The van der Waals surface area contributed by atoms with Crippen molar-refractivity contribution in [2.45, 2.75) is 6.42 Å². The lowest BCUT2D eigenvalue weighted by atomic mass is 10.1. The number of halogens is 1. The van der Waals surface area contributed by atoms with Crippen molar-refractivity contribution in [3.8, 4) is 0 Å². The Kier molecular flexibility index (Phi) is 4.17. The van der Waals surface area contributed by atoms with Crippen LogP contribution in [0.15, 0.2) is 48.5 Å². The Labute approximate surface area is 116 Å². The topological polar surface area (TPSA) is 33.5 Å². The van der Waals surface area contributed by atoms with E-state index in [0.29, 0.717) is 22.8 Å². The standard InChI is InChI=1S/C15H11ClN2O/c1-17-13-6-8-14(9-7-13)18-15(19)10-11-2-4-12(16)5-3-11/h2-9H,10H2,(H,18,19). The molecule has 4 heteroatoms. The Morgan fingerprint density at radius 1 is 1.11 bits per heavy atom. The predicted molar refractivity (Wildman–Crippen MR) is 76.5 cm³/mol. The van der Waals surface area contributed by atoms with Gasteiger partial charge in [-0.2, -0.15) is 0 Å². The number of rotatable bonds is 3. The Bertz CT molecular complexity index is 612. The molecule has 0 atom stereocenters. The fourth-order valence-electron chi connectivity index (χ4n) is 1.61. The first-order chi connectivity index (χ1) is 9.17. The summed E-state index contributed by atoms with van der Waals surface area (Å²) in [7, 11) is 0. The number of benzene rings is 2. The zero-order valence-electron chi connectivity index (χ0n) is 10.1. The van der Waals surface area contributed by atoms with Gasteiger partial charge in [-0.05, 0) is 29.8 Å². The quantitative estimate of drug-likeness (QED) is 0.838. The summed E-state index contributed by atoms with van der Waals surface area (Å²) in [4.78, 5) is 15.1. The van der Waals surface area contributed by atoms with Crippen molar-refractivity contribution in [1.29, 1.82) is 0 Å². The van der Waals surface area contributed by atoms with Crippen LogP contribution in [-0.4, -0.2) is 5.91 Å². The van der Waals surface area contributed by atoms with Crippen LogP contribution in [0.4, 0.5) is 11.4 Å². The van der Waals surface area contributed by atoms with Crippen molar-refractivity contribution in [1.82, 2.24) is 0 Å². The minimum atomic E-state index is -0.0992. The number of nitrogens with one attached hydrogen (secondary N) is 1. The summed E-state index contributed by atoms with van der Waals surface area (Å²) >= 11 is 5.78. The van der Waals surface area contributed by atoms with Gasteiger partial charge in [0.15, 0.2) is 5.69 Å². The van der Waals surface area contributed by atoms with Crippen molar-refractivity contribution in [2.24, 2.45) is 0 Å². The molecular weight excluding hydrogens is 260 g/mol. The average Bonchev–Trinajstić information content (AvgIpc) is 2.42. The first kappa shape index (κ1) is 13.1. The van der Waals surface area contributed by atoms with Crippen LogP contribution >= 0.6 is 11.6 Å². The number of carbonyl (C=O) groups excluding carboxylic acids is 1. The Hall–Kier alpha value is -2.31. The molecule has 0 spiro atoms. The van der Waals surface area contributed by atoms with Crippen LogP contribution in [0.2, 0.25) is 5.02 Å². The molecule has 2 rings (SSSR count). The minimum absolute atomic E-state index is 0.0992. The van der Waals surface area contributed by atoms with E-state index in [0.717, 1.165) is 5.56 Å². The number of hydrogen-bond acceptors (Lipinski definition) is 1. The molecule has 1 amide bonds. The van der Waals surface area contributed by atoms with Crippen molar-refractivity contribution in [2.75, 3.05) is 5.32 Å². The molecule has 0 fully saturated rings. The smallest absolute Gasteiger partial charge is 0.228 e. The molecule has 0 saturated heterocycles. The van der Waals surface area contributed by atoms with E-state index in [4.69, 9.17) is 18.2 Å². The van der Waals surface area contributed by atoms with Crippen LogP contribution < -0.4 is 5.32 Å². The van der Waals surface area contributed by atoms with E-state index in [-0.39, 0.29) is 5.91 Å². The van der Waals surface area contributed by atoms with Gasteiger partial charge in [-0.3, -0.25) is 4.79 Å². The first-order valence-electron chi connectivity index (χ1n) is 5.69. The second-order valence-corrected chi connectivity index (χ2v) is 4.45. The lowest BCUT2D eigenvalue weighted by Gasteiger charge is -2.05. The van der Waals surface area contributed by atoms with Gasteiger partial charge in [-0.25, -0.2) is 4.85 Å². The molecule has 2 aromatic carbocycles. The molecule has 2 aromatic rings. The first-order valence-corrected chi connectivity index (χ1v) is 6.07. The molecule has 1 N–H and O–H groups in total. The number of anilines is 1. The second-order valence-electron chi connectivity index (χ2n) is 4.01. The third-order valence-corrected chi connectivity index (χ3v) is 2.81. The molecule has 0 unspecified atom stereocenters. The van der Waals surface area contributed by atoms with E-state index < -0.39 is 0 Å². The molecule has 94 valence electrons. The van der Waals surface area contributed by atoms with E-state index in [1.54, 1.807) is 36.4 Å². The zero-order valence-corrected chi connectivity index (χ0v) is 10.8. The van der Waals surface area contributed by atoms with Gasteiger partial charge in [0.05, 0.1) is 13.0 Å². The summed E-state index contributed by atoms with van der Waals surface area (Å²) in [6.45, 7) is 6.85. The highest BCUT2D eigenvalue weighted by Crippen LogP contribution is 2.16. The third-order valence-electron chi connectivity index (χ3n) is 2.56. The summed E-state index contributed by atoms with van der Waals surface area (Å²) in [6.07, 6.45) is 0.293. The van der Waals surface area contributed by atoms with E-state index in [9.17, 15) is 4.79 Å². The normalized spacial score (nSPS) is 9.68. The monoisotopic (exact) mass is 270 g/mol. The maximum absolute atomic E-state index is 11.8. The Balaban J connectivity index is 1.97. The fraction of sp³-hybridized carbons (Fsp3) is 0.0667. The van der Waals surface area contributed by atoms with Gasteiger partial charge in [0.25, 0.3) is 0 Å². The molecule has 0 heterocycles. The largest absolute Gasteiger partial charge is 0.326 e. The summed E-state index contributed by atoms with van der Waals surface area (Å²) in [5.41, 5.74) is 2.14. The summed E-state index contributed by atoms with van der Waals surface area (Å²) < 4.78 is 0. The Morgan fingerprint density at radius 2 is 1.74 bits per heavy atom. The van der Waals surface area contributed by atoms with E-state index >= 15 is 0 Å². The molecule has 0 aromatic heterocycles. The van der Waals surface area contributed by atoms with Crippen molar-refractivity contribution in [3.05, 3.63) is 70.5 Å². The number of hydrogen-bond donors (Lipinski definition) is 1. The van der Waals surface area contributed by atoms with Gasteiger partial charge < -0.3 is 5.32 Å². The van der Waals surface area contributed by atoms with Gasteiger partial charge in [0, 0.05) is 10.7 Å². The molecule has 0 aliphatic heterocycles. The van der Waals surface area contributed by atoms with Crippen LogP contribution in [0, 0.1) is 6.57 Å². The van der Waals surface area contributed by atoms with Crippen molar-refractivity contribution in [3.63, 3.8) is 0 Å². The Morgan fingerprint density at radius 3 is 2.32 bits per heavy atom. The van der Waals surface area contributed by atoms with Crippen molar-refractivity contribution < 1.29 is 4.79 Å². The predicted octanol–water partition coefficient (Wildman–Crippen LogP) is 4.07. The molecule has 0 bridgehead atoms. The van der Waals surface area contributed by atoms with E-state index in [2.05, 4.69) is 10.2 Å².